The van der Waals surface area contributed by atoms with Gasteiger partial charge in [0, 0.05) is 22.3 Å². The highest BCUT2D eigenvalue weighted by Gasteiger charge is 2.16. The van der Waals surface area contributed by atoms with E-state index in [1.54, 1.807) is 6.07 Å². The topological polar surface area (TPSA) is 33.3 Å². The molecule has 1 aliphatic carbocycles. The van der Waals surface area contributed by atoms with Crippen molar-refractivity contribution in [3.8, 4) is 5.75 Å². The van der Waals surface area contributed by atoms with Gasteiger partial charge in [0.2, 0.25) is 0 Å². The Morgan fingerprint density at radius 2 is 1.80 bits per heavy atom. The first-order valence-electron chi connectivity index (χ1n) is 8.35. The predicted octanol–water partition coefficient (Wildman–Crippen LogP) is 5.80. The Kier molecular flexibility index (Phi) is 6.40. The maximum Gasteiger partial charge on any atom is 0.171 e. The number of hydrogen-bond acceptors (Lipinski definition) is 2. The standard InChI is InChI=1S/C19H20Cl2N2OS/c20-14-6-5-13(18(21)11-14)12-22-19(25)23-15-7-9-17(10-8-15)24-16-3-1-2-4-16/h5-11,16H,1-4,12H2,(H2,22,23,25). The Bertz CT molecular complexity index is 731. The van der Waals surface area contributed by atoms with Gasteiger partial charge >= 0.3 is 0 Å². The summed E-state index contributed by atoms with van der Waals surface area (Å²) in [6.45, 7) is 0.532. The number of nitrogens with one attached hydrogen (secondary N) is 2. The van der Waals surface area contributed by atoms with E-state index in [0.29, 0.717) is 27.8 Å². The van der Waals surface area contributed by atoms with Crippen molar-refractivity contribution < 1.29 is 4.74 Å². The van der Waals surface area contributed by atoms with Crippen molar-refractivity contribution >= 4 is 46.2 Å². The van der Waals surface area contributed by atoms with Crippen LogP contribution >= 0.6 is 35.4 Å². The summed E-state index contributed by atoms with van der Waals surface area (Å²) in [5.41, 5.74) is 1.86. The molecule has 3 nitrogen and oxygen atoms in total. The quantitative estimate of drug-likeness (QED) is 0.627. The van der Waals surface area contributed by atoms with Crippen molar-refractivity contribution in [2.45, 2.75) is 38.3 Å². The molecule has 0 aliphatic heterocycles. The third kappa shape index (κ3) is 5.50. The molecule has 1 aliphatic rings. The number of benzene rings is 2. The molecule has 1 saturated carbocycles. The second-order valence-electron chi connectivity index (χ2n) is 6.09. The van der Waals surface area contributed by atoms with Gasteiger partial charge in [-0.1, -0.05) is 29.3 Å². The van der Waals surface area contributed by atoms with Crippen LogP contribution in [-0.4, -0.2) is 11.2 Å². The van der Waals surface area contributed by atoms with Crippen LogP contribution in [0.5, 0.6) is 5.75 Å². The van der Waals surface area contributed by atoms with Gasteiger partial charge in [-0.2, -0.15) is 0 Å². The summed E-state index contributed by atoms with van der Waals surface area (Å²) >= 11 is 17.4. The zero-order valence-electron chi connectivity index (χ0n) is 13.7. The zero-order chi connectivity index (χ0) is 17.6. The highest BCUT2D eigenvalue weighted by molar-refractivity contribution is 7.80. The minimum atomic E-state index is 0.366. The molecule has 6 heteroatoms. The summed E-state index contributed by atoms with van der Waals surface area (Å²) in [6.07, 6.45) is 5.21. The van der Waals surface area contributed by atoms with E-state index >= 15 is 0 Å². The molecule has 0 radical (unpaired) electrons. The molecule has 1 fully saturated rings. The van der Waals surface area contributed by atoms with Crippen molar-refractivity contribution in [3.05, 3.63) is 58.1 Å². The minimum absolute atomic E-state index is 0.366. The van der Waals surface area contributed by atoms with Crippen LogP contribution in [0.3, 0.4) is 0 Å². The van der Waals surface area contributed by atoms with Crippen LogP contribution in [0.15, 0.2) is 42.5 Å². The second kappa shape index (κ2) is 8.75. The van der Waals surface area contributed by atoms with Gasteiger partial charge in [0.05, 0.1) is 6.10 Å². The molecule has 0 saturated heterocycles. The van der Waals surface area contributed by atoms with Gasteiger partial charge in [-0.3, -0.25) is 0 Å². The van der Waals surface area contributed by atoms with Gasteiger partial charge < -0.3 is 15.4 Å². The molecule has 0 atom stereocenters. The molecule has 0 unspecified atom stereocenters. The van der Waals surface area contributed by atoms with Crippen LogP contribution in [0.1, 0.15) is 31.2 Å². The molecule has 25 heavy (non-hydrogen) atoms. The monoisotopic (exact) mass is 394 g/mol. The van der Waals surface area contributed by atoms with E-state index in [0.717, 1.165) is 29.8 Å². The average molecular weight is 395 g/mol. The van der Waals surface area contributed by atoms with Gasteiger partial charge in [-0.25, -0.2) is 0 Å². The molecule has 132 valence electrons. The Morgan fingerprint density at radius 1 is 1.08 bits per heavy atom. The lowest BCUT2D eigenvalue weighted by Gasteiger charge is -2.14. The third-order valence-corrected chi connectivity index (χ3v) is 5.00. The van der Waals surface area contributed by atoms with Gasteiger partial charge in [-0.15, -0.1) is 0 Å². The Balaban J connectivity index is 1.48. The van der Waals surface area contributed by atoms with Crippen LogP contribution in [-0.2, 0) is 6.54 Å². The molecule has 0 amide bonds. The van der Waals surface area contributed by atoms with E-state index in [4.69, 9.17) is 40.2 Å². The Morgan fingerprint density at radius 3 is 2.48 bits per heavy atom. The fraction of sp³-hybridized carbons (Fsp3) is 0.316. The first-order chi connectivity index (χ1) is 12.1. The van der Waals surface area contributed by atoms with Gasteiger partial charge in [0.25, 0.3) is 0 Å². The molecule has 0 heterocycles. The largest absolute Gasteiger partial charge is 0.490 e. The van der Waals surface area contributed by atoms with Crippen molar-refractivity contribution in [2.24, 2.45) is 0 Å². The van der Waals surface area contributed by atoms with Crippen LogP contribution in [0.2, 0.25) is 10.0 Å². The Labute approximate surface area is 163 Å². The van der Waals surface area contributed by atoms with E-state index in [9.17, 15) is 0 Å². The van der Waals surface area contributed by atoms with Crippen molar-refractivity contribution in [2.75, 3.05) is 5.32 Å². The molecular formula is C19H20Cl2N2OS. The molecular weight excluding hydrogens is 375 g/mol. The Hall–Kier alpha value is -1.49. The number of anilines is 1. The fourth-order valence-electron chi connectivity index (χ4n) is 2.83. The summed E-state index contributed by atoms with van der Waals surface area (Å²) in [5.74, 6) is 0.907. The van der Waals surface area contributed by atoms with Gasteiger partial charge in [0.1, 0.15) is 5.75 Å². The molecule has 3 rings (SSSR count). The van der Waals surface area contributed by atoms with Crippen molar-refractivity contribution in [3.63, 3.8) is 0 Å². The average Bonchev–Trinajstić information content (AvgIpc) is 3.09. The molecule has 2 aromatic rings. The summed E-state index contributed by atoms with van der Waals surface area (Å²) in [4.78, 5) is 0. The lowest BCUT2D eigenvalue weighted by Crippen LogP contribution is -2.27. The van der Waals surface area contributed by atoms with Crippen LogP contribution < -0.4 is 15.4 Å². The van der Waals surface area contributed by atoms with E-state index in [1.165, 1.54) is 12.8 Å². The van der Waals surface area contributed by atoms with E-state index in [1.807, 2.05) is 36.4 Å². The van der Waals surface area contributed by atoms with Crippen LogP contribution in [0.4, 0.5) is 5.69 Å². The molecule has 2 aromatic carbocycles. The van der Waals surface area contributed by atoms with Gasteiger partial charge in [-0.05, 0) is 79.9 Å². The van der Waals surface area contributed by atoms with Crippen molar-refractivity contribution in [1.29, 1.82) is 0 Å². The number of ether oxygens (including phenoxy) is 1. The third-order valence-electron chi connectivity index (χ3n) is 4.17. The highest BCUT2D eigenvalue weighted by Crippen LogP contribution is 2.25. The summed E-state index contributed by atoms with van der Waals surface area (Å²) in [7, 11) is 0. The maximum atomic E-state index is 6.16. The van der Waals surface area contributed by atoms with Crippen LogP contribution in [0, 0.1) is 0 Å². The van der Waals surface area contributed by atoms with E-state index < -0.39 is 0 Å². The maximum absolute atomic E-state index is 6.16. The van der Waals surface area contributed by atoms with E-state index in [2.05, 4.69) is 10.6 Å². The van der Waals surface area contributed by atoms with E-state index in [-0.39, 0.29) is 0 Å². The smallest absolute Gasteiger partial charge is 0.171 e. The van der Waals surface area contributed by atoms with Gasteiger partial charge in [0.15, 0.2) is 5.11 Å². The summed E-state index contributed by atoms with van der Waals surface area (Å²) in [6, 6.07) is 13.3. The summed E-state index contributed by atoms with van der Waals surface area (Å²) < 4.78 is 5.96. The molecule has 0 aromatic heterocycles. The molecule has 0 bridgehead atoms. The molecule has 2 N–H and O–H groups in total. The SMILES string of the molecule is S=C(NCc1ccc(Cl)cc1Cl)Nc1ccc(OC2CCCC2)cc1. The lowest BCUT2D eigenvalue weighted by atomic mass is 10.2. The number of halogens is 2. The second-order valence-corrected chi connectivity index (χ2v) is 7.34. The van der Waals surface area contributed by atoms with Crippen molar-refractivity contribution in [1.82, 2.24) is 5.32 Å². The minimum Gasteiger partial charge on any atom is -0.490 e. The number of hydrogen-bond donors (Lipinski definition) is 2. The zero-order valence-corrected chi connectivity index (χ0v) is 16.1. The molecule has 0 spiro atoms. The number of thiocarbonyl (C=S) groups is 1. The first kappa shape index (κ1) is 18.3. The number of rotatable bonds is 5. The lowest BCUT2D eigenvalue weighted by molar-refractivity contribution is 0.210. The fourth-order valence-corrected chi connectivity index (χ4v) is 3.50. The van der Waals surface area contributed by atoms with Crippen LogP contribution in [0.25, 0.3) is 0 Å². The predicted molar refractivity (Wildman–Crippen MR) is 109 cm³/mol. The first-order valence-corrected chi connectivity index (χ1v) is 9.52. The normalized spacial score (nSPS) is 14.3. The summed E-state index contributed by atoms with van der Waals surface area (Å²) in [5, 5.41) is 8.08. The highest BCUT2D eigenvalue weighted by atomic mass is 35.5.